The van der Waals surface area contributed by atoms with Crippen molar-refractivity contribution < 1.29 is 24.0 Å². The van der Waals surface area contributed by atoms with Crippen molar-refractivity contribution in [3.05, 3.63) is 41.7 Å². The van der Waals surface area contributed by atoms with Gasteiger partial charge >= 0.3 is 12.0 Å². The summed E-state index contributed by atoms with van der Waals surface area (Å²) >= 11 is 0. The van der Waals surface area contributed by atoms with E-state index in [0.717, 1.165) is 0 Å². The van der Waals surface area contributed by atoms with Gasteiger partial charge in [-0.3, -0.25) is 4.79 Å². The number of aliphatic hydroxyl groups is 1. The van der Waals surface area contributed by atoms with Gasteiger partial charge in [-0.05, 0) is 5.56 Å². The van der Waals surface area contributed by atoms with Crippen molar-refractivity contribution in [1.29, 1.82) is 0 Å². The Morgan fingerprint density at radius 3 is 2.45 bits per heavy atom. The lowest BCUT2D eigenvalue weighted by Crippen LogP contribution is -2.55. The number of benzene rings is 1. The number of nitrogens with one attached hydrogen (secondary N) is 1. The summed E-state index contributed by atoms with van der Waals surface area (Å²) in [6, 6.07) is 8.17. The summed E-state index contributed by atoms with van der Waals surface area (Å²) in [6.07, 6.45) is 0.335. The Balaban J connectivity index is 1.66. The number of hydrogen-bond acceptors (Lipinski definition) is 8. The molecule has 1 fully saturated rings. The minimum Gasteiger partial charge on any atom is -0.467 e. The lowest BCUT2D eigenvalue weighted by Gasteiger charge is -2.36. The maximum atomic E-state index is 12.8. The third kappa shape index (κ3) is 4.56. The number of nitrogens with zero attached hydrogens (tertiary/aromatic N) is 3. The molecule has 0 saturated carbocycles. The average Bonchev–Trinajstić information content (AvgIpc) is 3.23. The number of ether oxygens (including phenoxy) is 1. The van der Waals surface area contributed by atoms with Gasteiger partial charge in [0.1, 0.15) is 5.60 Å². The van der Waals surface area contributed by atoms with E-state index in [2.05, 4.69) is 15.5 Å². The number of carbonyl (C=O) groups excluding carboxylic acids is 2. The molecule has 1 aromatic carbocycles. The van der Waals surface area contributed by atoms with Crippen molar-refractivity contribution in [2.75, 3.05) is 25.1 Å². The van der Waals surface area contributed by atoms with E-state index in [0.29, 0.717) is 30.5 Å². The van der Waals surface area contributed by atoms with Crippen molar-refractivity contribution in [1.82, 2.24) is 15.5 Å². The van der Waals surface area contributed by atoms with Gasteiger partial charge in [-0.25, -0.2) is 4.79 Å². The van der Waals surface area contributed by atoms with Crippen molar-refractivity contribution in [3.63, 3.8) is 0 Å². The molecule has 9 heteroatoms. The first-order chi connectivity index (χ1) is 13.8. The number of aromatic nitrogens is 2. The molecule has 0 unspecified atom stereocenters. The Morgan fingerprint density at radius 2 is 1.90 bits per heavy atom. The molecule has 0 aliphatic carbocycles. The summed E-state index contributed by atoms with van der Waals surface area (Å²) in [5.41, 5.74) is -1.01. The molecule has 1 atom stereocenters. The van der Waals surface area contributed by atoms with Crippen LogP contribution < -0.4 is 10.2 Å². The number of hydrogen-bond donors (Lipinski definition) is 2. The number of esters is 1. The van der Waals surface area contributed by atoms with E-state index in [1.165, 1.54) is 7.11 Å². The second-order valence-electron chi connectivity index (χ2n) is 7.45. The molecule has 1 amide bonds. The van der Waals surface area contributed by atoms with Crippen LogP contribution in [0.25, 0.3) is 0 Å². The van der Waals surface area contributed by atoms with Crippen LogP contribution in [0.2, 0.25) is 0 Å². The van der Waals surface area contributed by atoms with Crippen LogP contribution in [-0.2, 0) is 14.3 Å². The first-order valence-corrected chi connectivity index (χ1v) is 9.59. The molecule has 1 aliphatic rings. The van der Waals surface area contributed by atoms with Crippen molar-refractivity contribution in [2.45, 2.75) is 44.2 Å². The van der Waals surface area contributed by atoms with Crippen LogP contribution in [0.15, 0.2) is 34.9 Å². The first-order valence-electron chi connectivity index (χ1n) is 9.59. The lowest BCUT2D eigenvalue weighted by molar-refractivity contribution is -0.150. The summed E-state index contributed by atoms with van der Waals surface area (Å²) in [6.45, 7) is 4.69. The van der Waals surface area contributed by atoms with Gasteiger partial charge in [0.25, 0.3) is 5.91 Å². The average molecular weight is 402 g/mol. The molecular weight excluding hydrogens is 376 g/mol. The topological polar surface area (TPSA) is 118 Å². The molecule has 0 bridgehead atoms. The summed E-state index contributed by atoms with van der Waals surface area (Å²) in [5.74, 6) is -0.446. The molecule has 0 radical (unpaired) electrons. The monoisotopic (exact) mass is 402 g/mol. The third-order valence-corrected chi connectivity index (χ3v) is 5.08. The van der Waals surface area contributed by atoms with Crippen LogP contribution in [0.5, 0.6) is 0 Å². The Bertz CT molecular complexity index is 844. The van der Waals surface area contributed by atoms with Gasteiger partial charge in [0.15, 0.2) is 11.9 Å². The Morgan fingerprint density at radius 1 is 1.24 bits per heavy atom. The molecule has 1 aromatic heterocycles. The molecule has 2 aromatic rings. The normalized spacial score (nSPS) is 17.1. The van der Waals surface area contributed by atoms with Crippen molar-refractivity contribution in [3.8, 4) is 0 Å². The van der Waals surface area contributed by atoms with E-state index in [-0.39, 0.29) is 18.8 Å². The highest BCUT2D eigenvalue weighted by Gasteiger charge is 2.42. The standard InChI is InChI=1S/C20H26N4O5/c1-13(2)16-22-19(29-23-16)24-11-9-20(27,10-12-24)18(26)21-15(17(25)28-3)14-7-5-4-6-8-14/h4-8,13,15,27H,9-12H2,1-3H3,(H,21,26)/t15-/m0/s1. The second kappa shape index (κ2) is 8.60. The number of amides is 1. The van der Waals surface area contributed by atoms with Gasteiger partial charge < -0.3 is 24.6 Å². The van der Waals surface area contributed by atoms with Gasteiger partial charge in [-0.1, -0.05) is 49.3 Å². The first kappa shape index (κ1) is 20.8. The predicted molar refractivity (Wildman–Crippen MR) is 104 cm³/mol. The SMILES string of the molecule is COC(=O)[C@@H](NC(=O)C1(O)CCN(c2nc(C(C)C)no2)CC1)c1ccccc1. The highest BCUT2D eigenvalue weighted by molar-refractivity contribution is 5.90. The van der Waals surface area contributed by atoms with Crippen LogP contribution >= 0.6 is 0 Å². The van der Waals surface area contributed by atoms with Gasteiger partial charge in [-0.15, -0.1) is 0 Å². The number of anilines is 1. The predicted octanol–water partition coefficient (Wildman–Crippen LogP) is 1.55. The highest BCUT2D eigenvalue weighted by atomic mass is 16.5. The molecule has 2 heterocycles. The molecule has 2 N–H and O–H groups in total. The smallest absolute Gasteiger partial charge is 0.333 e. The fourth-order valence-electron chi connectivity index (χ4n) is 3.19. The van der Waals surface area contributed by atoms with Crippen molar-refractivity contribution >= 4 is 17.9 Å². The van der Waals surface area contributed by atoms with E-state index in [9.17, 15) is 14.7 Å². The van der Waals surface area contributed by atoms with Crippen LogP contribution in [0.4, 0.5) is 6.01 Å². The van der Waals surface area contributed by atoms with Crippen LogP contribution in [0, 0.1) is 0 Å². The Hall–Kier alpha value is -2.94. The third-order valence-electron chi connectivity index (χ3n) is 5.08. The minimum atomic E-state index is -1.60. The lowest BCUT2D eigenvalue weighted by atomic mass is 9.90. The summed E-state index contributed by atoms with van der Waals surface area (Å²) in [7, 11) is 1.26. The van der Waals surface area contributed by atoms with Crippen LogP contribution in [0.3, 0.4) is 0 Å². The molecule has 9 nitrogen and oxygen atoms in total. The van der Waals surface area contributed by atoms with E-state index < -0.39 is 23.5 Å². The van der Waals surface area contributed by atoms with Crippen molar-refractivity contribution in [2.24, 2.45) is 0 Å². The zero-order chi connectivity index (χ0) is 21.0. The maximum Gasteiger partial charge on any atom is 0.333 e. The molecule has 0 spiro atoms. The van der Waals surface area contributed by atoms with E-state index in [4.69, 9.17) is 9.26 Å². The maximum absolute atomic E-state index is 12.8. The summed E-state index contributed by atoms with van der Waals surface area (Å²) < 4.78 is 10.1. The van der Waals surface area contributed by atoms with Gasteiger partial charge in [-0.2, -0.15) is 4.98 Å². The Kier molecular flexibility index (Phi) is 6.17. The Labute approximate surface area is 169 Å². The van der Waals surface area contributed by atoms with Gasteiger partial charge in [0.05, 0.1) is 7.11 Å². The fraction of sp³-hybridized carbons (Fsp3) is 0.500. The van der Waals surface area contributed by atoms with Gasteiger partial charge in [0.2, 0.25) is 0 Å². The van der Waals surface area contributed by atoms with Crippen LogP contribution in [-0.4, -0.2) is 52.9 Å². The van der Waals surface area contributed by atoms with Gasteiger partial charge in [0, 0.05) is 31.8 Å². The van der Waals surface area contributed by atoms with Crippen LogP contribution in [0.1, 0.15) is 50.0 Å². The quantitative estimate of drug-likeness (QED) is 0.699. The number of rotatable bonds is 6. The molecule has 1 aliphatic heterocycles. The molecule has 1 saturated heterocycles. The number of piperidine rings is 1. The molecule has 3 rings (SSSR count). The largest absolute Gasteiger partial charge is 0.467 e. The second-order valence-corrected chi connectivity index (χ2v) is 7.45. The zero-order valence-electron chi connectivity index (χ0n) is 16.8. The number of carbonyl (C=O) groups is 2. The molecule has 29 heavy (non-hydrogen) atoms. The minimum absolute atomic E-state index is 0.147. The molecule has 156 valence electrons. The molecular formula is C20H26N4O5. The highest BCUT2D eigenvalue weighted by Crippen LogP contribution is 2.27. The fourth-order valence-corrected chi connectivity index (χ4v) is 3.19. The van der Waals surface area contributed by atoms with E-state index >= 15 is 0 Å². The van der Waals surface area contributed by atoms with E-state index in [1.54, 1.807) is 24.3 Å². The van der Waals surface area contributed by atoms with E-state index in [1.807, 2.05) is 24.8 Å². The number of methoxy groups -OCH3 is 1. The summed E-state index contributed by atoms with van der Waals surface area (Å²) in [5, 5.41) is 17.5. The summed E-state index contributed by atoms with van der Waals surface area (Å²) in [4.78, 5) is 31.2. The zero-order valence-corrected chi connectivity index (χ0v) is 16.8.